The van der Waals surface area contributed by atoms with Crippen LogP contribution in [-0.2, 0) is 15.1 Å². The lowest BCUT2D eigenvalue weighted by Crippen LogP contribution is -2.55. The second kappa shape index (κ2) is 9.65. The SMILES string of the molecule is CC(C)C(NC(=O)CNC(c1nnnn1C(C)(C)C)C(C)C)C(=O)NC(C)(C)C. The second-order valence-electron chi connectivity index (χ2n) is 10.3. The van der Waals surface area contributed by atoms with Crippen molar-refractivity contribution in [2.45, 2.75) is 92.4 Å². The Kier molecular flexibility index (Phi) is 8.32. The lowest BCUT2D eigenvalue weighted by Gasteiger charge is -2.28. The van der Waals surface area contributed by atoms with E-state index in [1.165, 1.54) is 0 Å². The van der Waals surface area contributed by atoms with Gasteiger partial charge in [0.1, 0.15) is 6.04 Å². The summed E-state index contributed by atoms with van der Waals surface area (Å²) in [4.78, 5) is 25.1. The highest BCUT2D eigenvalue weighted by Crippen LogP contribution is 2.23. The van der Waals surface area contributed by atoms with Crippen molar-refractivity contribution in [3.05, 3.63) is 5.82 Å². The largest absolute Gasteiger partial charge is 0.350 e. The van der Waals surface area contributed by atoms with Gasteiger partial charge in [-0.3, -0.25) is 14.9 Å². The molecule has 9 heteroatoms. The minimum absolute atomic E-state index is 0.0321. The Bertz CT molecular complexity index is 684. The summed E-state index contributed by atoms with van der Waals surface area (Å²) in [7, 11) is 0. The predicted octanol–water partition coefficient (Wildman–Crippen LogP) is 1.77. The average molecular weight is 410 g/mol. The normalized spacial score (nSPS) is 14.8. The fourth-order valence-corrected chi connectivity index (χ4v) is 2.90. The Morgan fingerprint density at radius 2 is 1.59 bits per heavy atom. The van der Waals surface area contributed by atoms with Crippen LogP contribution in [0, 0.1) is 11.8 Å². The van der Waals surface area contributed by atoms with E-state index in [4.69, 9.17) is 0 Å². The quantitative estimate of drug-likeness (QED) is 0.603. The highest BCUT2D eigenvalue weighted by atomic mass is 16.2. The Hall–Kier alpha value is -2.03. The molecule has 1 aromatic heterocycles. The fourth-order valence-electron chi connectivity index (χ4n) is 2.90. The van der Waals surface area contributed by atoms with Gasteiger partial charge >= 0.3 is 0 Å². The topological polar surface area (TPSA) is 114 Å². The molecule has 166 valence electrons. The van der Waals surface area contributed by atoms with Gasteiger partial charge in [-0.1, -0.05) is 27.7 Å². The van der Waals surface area contributed by atoms with E-state index in [0.29, 0.717) is 5.82 Å². The number of carbonyl (C=O) groups is 2. The molecule has 0 aliphatic heterocycles. The third-order valence-electron chi connectivity index (χ3n) is 4.32. The zero-order chi connectivity index (χ0) is 22.6. The van der Waals surface area contributed by atoms with Crippen LogP contribution in [0.1, 0.15) is 81.1 Å². The third kappa shape index (κ3) is 7.72. The maximum atomic E-state index is 12.6. The van der Waals surface area contributed by atoms with Crippen LogP contribution in [0.3, 0.4) is 0 Å². The molecule has 0 aliphatic rings. The van der Waals surface area contributed by atoms with Crippen molar-refractivity contribution in [1.29, 1.82) is 0 Å². The summed E-state index contributed by atoms with van der Waals surface area (Å²) in [5.41, 5.74) is -0.635. The number of rotatable bonds is 8. The second-order valence-corrected chi connectivity index (χ2v) is 10.3. The van der Waals surface area contributed by atoms with E-state index < -0.39 is 6.04 Å². The van der Waals surface area contributed by atoms with Crippen molar-refractivity contribution in [2.24, 2.45) is 11.8 Å². The minimum atomic E-state index is -0.596. The Morgan fingerprint density at radius 3 is 2.03 bits per heavy atom. The molecule has 1 heterocycles. The summed E-state index contributed by atoms with van der Waals surface area (Å²) in [5.74, 6) is 0.396. The summed E-state index contributed by atoms with van der Waals surface area (Å²) >= 11 is 0. The van der Waals surface area contributed by atoms with Gasteiger partial charge in [0.2, 0.25) is 11.8 Å². The summed E-state index contributed by atoms with van der Waals surface area (Å²) < 4.78 is 1.77. The van der Waals surface area contributed by atoms with Gasteiger partial charge in [-0.2, -0.15) is 0 Å². The van der Waals surface area contributed by atoms with Crippen molar-refractivity contribution in [1.82, 2.24) is 36.2 Å². The molecule has 2 unspecified atom stereocenters. The molecular formula is C20H39N7O2. The molecular weight excluding hydrogens is 370 g/mol. The first-order chi connectivity index (χ1) is 13.1. The smallest absolute Gasteiger partial charge is 0.243 e. The van der Waals surface area contributed by atoms with E-state index in [1.807, 2.05) is 69.2 Å². The highest BCUT2D eigenvalue weighted by molar-refractivity contribution is 5.88. The summed E-state index contributed by atoms with van der Waals surface area (Å²) in [6.07, 6.45) is 0. The summed E-state index contributed by atoms with van der Waals surface area (Å²) in [6, 6.07) is -0.795. The molecule has 1 aromatic rings. The van der Waals surface area contributed by atoms with Gasteiger partial charge < -0.3 is 10.6 Å². The molecule has 0 aliphatic carbocycles. The van der Waals surface area contributed by atoms with E-state index in [0.717, 1.165) is 0 Å². The van der Waals surface area contributed by atoms with Crippen molar-refractivity contribution in [2.75, 3.05) is 6.54 Å². The van der Waals surface area contributed by atoms with Crippen molar-refractivity contribution < 1.29 is 9.59 Å². The maximum absolute atomic E-state index is 12.6. The predicted molar refractivity (Wildman–Crippen MR) is 113 cm³/mol. The molecule has 0 aromatic carbocycles. The number of tetrazole rings is 1. The molecule has 2 amide bonds. The Labute approximate surface area is 174 Å². The highest BCUT2D eigenvalue weighted by Gasteiger charge is 2.30. The van der Waals surface area contributed by atoms with Crippen LogP contribution in [-0.4, -0.2) is 50.1 Å². The van der Waals surface area contributed by atoms with Crippen LogP contribution in [0.15, 0.2) is 0 Å². The maximum Gasteiger partial charge on any atom is 0.243 e. The van der Waals surface area contributed by atoms with Gasteiger partial charge in [-0.25, -0.2) is 4.68 Å². The number of aromatic nitrogens is 4. The molecule has 1 rings (SSSR count). The van der Waals surface area contributed by atoms with Crippen LogP contribution < -0.4 is 16.0 Å². The lowest BCUT2D eigenvalue weighted by atomic mass is 10.0. The number of amides is 2. The fraction of sp³-hybridized carbons (Fsp3) is 0.850. The van der Waals surface area contributed by atoms with E-state index in [2.05, 4.69) is 31.5 Å². The molecule has 3 N–H and O–H groups in total. The van der Waals surface area contributed by atoms with Crippen LogP contribution in [0.2, 0.25) is 0 Å². The molecule has 0 bridgehead atoms. The molecule has 0 saturated carbocycles. The number of nitrogens with zero attached hydrogens (tertiary/aromatic N) is 4. The van der Waals surface area contributed by atoms with Crippen molar-refractivity contribution in [3.8, 4) is 0 Å². The van der Waals surface area contributed by atoms with Crippen LogP contribution in [0.5, 0.6) is 0 Å². The first kappa shape index (κ1) is 25.0. The first-order valence-electron chi connectivity index (χ1n) is 10.3. The van der Waals surface area contributed by atoms with E-state index in [-0.39, 0.29) is 47.3 Å². The molecule has 0 fully saturated rings. The van der Waals surface area contributed by atoms with Crippen molar-refractivity contribution in [3.63, 3.8) is 0 Å². The van der Waals surface area contributed by atoms with Gasteiger partial charge in [0.25, 0.3) is 0 Å². The molecule has 0 radical (unpaired) electrons. The summed E-state index contributed by atoms with van der Waals surface area (Å²) in [6.45, 7) is 19.8. The molecule has 29 heavy (non-hydrogen) atoms. The first-order valence-corrected chi connectivity index (χ1v) is 10.3. The van der Waals surface area contributed by atoms with Crippen molar-refractivity contribution >= 4 is 11.8 Å². The standard InChI is InChI=1S/C20H39N7O2/c1-12(2)15(17-24-25-26-27(17)20(8,9)10)21-11-14(28)22-16(13(3)4)18(29)23-19(5,6)7/h12-13,15-16,21H,11H2,1-10H3,(H,22,28)(H,23,29). The average Bonchev–Trinajstić information content (AvgIpc) is 2.99. The number of carbonyl (C=O) groups excluding carboxylic acids is 2. The minimum Gasteiger partial charge on any atom is -0.350 e. The zero-order valence-corrected chi connectivity index (χ0v) is 19.6. The van der Waals surface area contributed by atoms with Crippen LogP contribution >= 0.6 is 0 Å². The summed E-state index contributed by atoms with van der Waals surface area (Å²) in [5, 5.41) is 21.2. The lowest BCUT2D eigenvalue weighted by molar-refractivity contribution is -0.130. The van der Waals surface area contributed by atoms with Crippen LogP contribution in [0.4, 0.5) is 0 Å². The number of hydrogen-bond acceptors (Lipinski definition) is 6. The van der Waals surface area contributed by atoms with Gasteiger partial charge in [0.15, 0.2) is 5.82 Å². The van der Waals surface area contributed by atoms with Gasteiger partial charge in [0.05, 0.1) is 18.1 Å². The van der Waals surface area contributed by atoms with Gasteiger partial charge in [0, 0.05) is 5.54 Å². The Morgan fingerprint density at radius 1 is 1.00 bits per heavy atom. The molecule has 9 nitrogen and oxygen atoms in total. The molecule has 2 atom stereocenters. The zero-order valence-electron chi connectivity index (χ0n) is 19.6. The van der Waals surface area contributed by atoms with E-state index >= 15 is 0 Å². The van der Waals surface area contributed by atoms with E-state index in [1.54, 1.807) is 4.68 Å². The molecule has 0 saturated heterocycles. The Balaban J connectivity index is 2.84. The third-order valence-corrected chi connectivity index (χ3v) is 4.32. The monoisotopic (exact) mass is 409 g/mol. The van der Waals surface area contributed by atoms with Gasteiger partial charge in [-0.05, 0) is 63.8 Å². The van der Waals surface area contributed by atoms with E-state index in [9.17, 15) is 9.59 Å². The molecule has 0 spiro atoms. The number of nitrogens with one attached hydrogen (secondary N) is 3. The van der Waals surface area contributed by atoms with Gasteiger partial charge in [-0.15, -0.1) is 5.10 Å². The number of hydrogen-bond donors (Lipinski definition) is 3. The van der Waals surface area contributed by atoms with Crippen LogP contribution in [0.25, 0.3) is 0 Å².